The molecular weight excluding hydrogens is 104 g/mol. The van der Waals surface area contributed by atoms with Gasteiger partial charge in [0.15, 0.2) is 0 Å². The normalized spacial score (nSPS) is 15.1. The largest absolute Gasteiger partial charge is 0.276 e. The van der Waals surface area contributed by atoms with Crippen LogP contribution in [0.2, 0.25) is 0 Å². The fourth-order valence-corrected chi connectivity index (χ4v) is 0.350. The first kappa shape index (κ1) is 4.65. The second-order valence-electron chi connectivity index (χ2n) is 1.16. The number of hydrogen-bond donors (Lipinski definition) is 1. The van der Waals surface area contributed by atoms with Gasteiger partial charge in [-0.1, -0.05) is 0 Å². The fourth-order valence-electron chi connectivity index (χ4n) is 0.350. The summed E-state index contributed by atoms with van der Waals surface area (Å²) in [4.78, 5) is 0. The Morgan fingerprint density at radius 2 is 2.62 bits per heavy atom. The molecular formula is C4H4N4. The van der Waals surface area contributed by atoms with Crippen molar-refractivity contribution in [2.45, 2.75) is 0 Å². The Morgan fingerprint density at radius 1 is 1.75 bits per heavy atom. The van der Waals surface area contributed by atoms with E-state index in [0.29, 0.717) is 0 Å². The molecule has 8 heavy (non-hydrogen) atoms. The number of hydrazine groups is 1. The molecule has 0 fully saturated rings. The molecule has 1 heterocycles. The molecule has 0 aliphatic carbocycles. The van der Waals surface area contributed by atoms with Crippen LogP contribution in [0.5, 0.6) is 0 Å². The second kappa shape index (κ2) is 1.98. The molecule has 0 amide bonds. The summed E-state index contributed by atoms with van der Waals surface area (Å²) >= 11 is 0. The molecule has 40 valence electrons. The molecule has 0 saturated heterocycles. The van der Waals surface area contributed by atoms with Gasteiger partial charge in [-0.05, 0) is 6.08 Å². The lowest BCUT2D eigenvalue weighted by Gasteiger charge is -2.08. The van der Waals surface area contributed by atoms with Crippen molar-refractivity contribution < 1.29 is 0 Å². The molecule has 0 aromatic rings. The number of nitriles is 1. The van der Waals surface area contributed by atoms with E-state index in [1.54, 1.807) is 18.5 Å². The van der Waals surface area contributed by atoms with Crippen LogP contribution >= 0.6 is 0 Å². The highest BCUT2D eigenvalue weighted by Gasteiger charge is 1.91. The molecule has 1 N–H and O–H groups in total. The number of rotatable bonds is 0. The van der Waals surface area contributed by atoms with Crippen molar-refractivity contribution >= 4 is 6.21 Å². The minimum absolute atomic E-state index is 1.06. The quantitative estimate of drug-likeness (QED) is 0.437. The molecule has 0 saturated carbocycles. The highest BCUT2D eigenvalue weighted by molar-refractivity contribution is 5.71. The third-order valence-corrected chi connectivity index (χ3v) is 0.656. The van der Waals surface area contributed by atoms with Crippen LogP contribution in [-0.2, 0) is 0 Å². The van der Waals surface area contributed by atoms with Gasteiger partial charge in [0.1, 0.15) is 0 Å². The first-order chi connectivity index (χ1) is 3.93. The van der Waals surface area contributed by atoms with Crippen LogP contribution in [0.4, 0.5) is 0 Å². The van der Waals surface area contributed by atoms with Crippen molar-refractivity contribution in [3.8, 4) is 6.19 Å². The summed E-state index contributed by atoms with van der Waals surface area (Å²) in [7, 11) is 0. The number of allylic oxidation sites excluding steroid dienone is 1. The van der Waals surface area contributed by atoms with E-state index in [9.17, 15) is 0 Å². The Bertz CT molecular complexity index is 163. The average molecular weight is 108 g/mol. The highest BCUT2D eigenvalue weighted by atomic mass is 15.7. The monoisotopic (exact) mass is 108 g/mol. The minimum atomic E-state index is 1.06. The third kappa shape index (κ3) is 0.763. The summed E-state index contributed by atoms with van der Waals surface area (Å²) in [6.45, 7) is 0. The van der Waals surface area contributed by atoms with E-state index < -0.39 is 0 Å². The van der Waals surface area contributed by atoms with Crippen LogP contribution in [0.1, 0.15) is 0 Å². The van der Waals surface area contributed by atoms with E-state index in [4.69, 9.17) is 5.26 Å². The van der Waals surface area contributed by atoms with E-state index in [1.165, 1.54) is 6.21 Å². The van der Waals surface area contributed by atoms with Gasteiger partial charge in [-0.2, -0.15) is 10.4 Å². The first-order valence-corrected chi connectivity index (χ1v) is 2.08. The van der Waals surface area contributed by atoms with Crippen molar-refractivity contribution in [2.24, 2.45) is 5.10 Å². The maximum atomic E-state index is 8.16. The third-order valence-electron chi connectivity index (χ3n) is 0.656. The van der Waals surface area contributed by atoms with Crippen molar-refractivity contribution in [3.05, 3.63) is 12.3 Å². The SMILES string of the molecule is N#CN1N=CC=CN1. The van der Waals surface area contributed by atoms with Crippen LogP contribution in [-0.4, -0.2) is 11.3 Å². The van der Waals surface area contributed by atoms with Gasteiger partial charge in [0.25, 0.3) is 0 Å². The highest BCUT2D eigenvalue weighted by Crippen LogP contribution is 1.83. The van der Waals surface area contributed by atoms with E-state index in [2.05, 4.69) is 10.5 Å². The van der Waals surface area contributed by atoms with E-state index in [0.717, 1.165) is 5.12 Å². The number of hydrazone groups is 1. The Labute approximate surface area is 46.7 Å². The van der Waals surface area contributed by atoms with Gasteiger partial charge in [0.05, 0.1) is 6.21 Å². The summed E-state index contributed by atoms with van der Waals surface area (Å²) in [6.07, 6.45) is 6.63. The van der Waals surface area contributed by atoms with Crippen molar-refractivity contribution in [3.63, 3.8) is 0 Å². The van der Waals surface area contributed by atoms with Crippen LogP contribution in [0.3, 0.4) is 0 Å². The standard InChI is InChI=1S/C4H4N4/c5-4-8-6-2-1-3-7-8/h1-3,6H. The maximum Gasteiger partial charge on any atom is 0.223 e. The van der Waals surface area contributed by atoms with Gasteiger partial charge < -0.3 is 0 Å². The molecule has 0 spiro atoms. The van der Waals surface area contributed by atoms with Gasteiger partial charge in [-0.25, -0.2) is 0 Å². The smallest absolute Gasteiger partial charge is 0.223 e. The molecule has 0 aromatic heterocycles. The summed E-state index contributed by atoms with van der Waals surface area (Å²) in [5.74, 6) is 0. The van der Waals surface area contributed by atoms with Crippen LogP contribution in [0, 0.1) is 11.5 Å². The van der Waals surface area contributed by atoms with E-state index in [1.807, 2.05) is 0 Å². The van der Waals surface area contributed by atoms with Crippen molar-refractivity contribution in [2.75, 3.05) is 0 Å². The second-order valence-corrected chi connectivity index (χ2v) is 1.16. The van der Waals surface area contributed by atoms with Crippen LogP contribution in [0.15, 0.2) is 17.4 Å². The van der Waals surface area contributed by atoms with Crippen molar-refractivity contribution in [1.82, 2.24) is 10.5 Å². The fraction of sp³-hybridized carbons (Fsp3) is 0. The maximum absolute atomic E-state index is 8.16. The molecule has 4 nitrogen and oxygen atoms in total. The van der Waals surface area contributed by atoms with Gasteiger partial charge in [0, 0.05) is 6.20 Å². The van der Waals surface area contributed by atoms with Crippen LogP contribution in [0.25, 0.3) is 0 Å². The number of nitrogens with zero attached hydrogens (tertiary/aromatic N) is 3. The lowest BCUT2D eigenvalue weighted by Crippen LogP contribution is -2.25. The molecule has 1 rings (SSSR count). The number of hydrogen-bond acceptors (Lipinski definition) is 4. The predicted molar refractivity (Wildman–Crippen MR) is 28.2 cm³/mol. The van der Waals surface area contributed by atoms with Gasteiger partial charge in [0.2, 0.25) is 6.19 Å². The van der Waals surface area contributed by atoms with Crippen molar-refractivity contribution in [1.29, 1.82) is 5.26 Å². The molecule has 0 atom stereocenters. The van der Waals surface area contributed by atoms with E-state index in [-0.39, 0.29) is 0 Å². The summed E-state index contributed by atoms with van der Waals surface area (Å²) < 4.78 is 0. The molecule has 0 bridgehead atoms. The van der Waals surface area contributed by atoms with E-state index >= 15 is 0 Å². The number of nitrogens with one attached hydrogen (secondary N) is 1. The Balaban J connectivity index is 2.55. The van der Waals surface area contributed by atoms with Gasteiger partial charge in [-0.15, -0.1) is 5.12 Å². The van der Waals surface area contributed by atoms with Gasteiger partial charge >= 0.3 is 0 Å². The van der Waals surface area contributed by atoms with Gasteiger partial charge in [-0.3, -0.25) is 5.43 Å². The molecule has 4 heteroatoms. The average Bonchev–Trinajstić information content (AvgIpc) is 1.90. The Morgan fingerprint density at radius 3 is 3.00 bits per heavy atom. The molecule has 0 aromatic carbocycles. The summed E-state index contributed by atoms with van der Waals surface area (Å²) in [6, 6.07) is 0. The molecule has 0 unspecified atom stereocenters. The zero-order valence-electron chi connectivity index (χ0n) is 4.07. The summed E-state index contributed by atoms with van der Waals surface area (Å²) in [5.41, 5.74) is 2.56. The minimum Gasteiger partial charge on any atom is -0.276 e. The Kier molecular flexibility index (Phi) is 1.15. The molecule has 1 aliphatic heterocycles. The zero-order valence-corrected chi connectivity index (χ0v) is 4.07. The van der Waals surface area contributed by atoms with Crippen LogP contribution < -0.4 is 5.43 Å². The predicted octanol–water partition coefficient (Wildman–Crippen LogP) is -0.213. The molecule has 1 aliphatic rings. The first-order valence-electron chi connectivity index (χ1n) is 2.08. The lowest BCUT2D eigenvalue weighted by molar-refractivity contribution is 0.349. The Hall–Kier alpha value is -1.50. The molecule has 0 radical (unpaired) electrons. The zero-order chi connectivity index (χ0) is 5.82. The lowest BCUT2D eigenvalue weighted by atomic mass is 10.6. The topological polar surface area (TPSA) is 51.4 Å². The summed E-state index contributed by atoms with van der Waals surface area (Å²) in [5, 5.41) is 12.8.